The quantitative estimate of drug-likeness (QED) is 0.586. The summed E-state index contributed by atoms with van der Waals surface area (Å²) in [7, 11) is 0. The summed E-state index contributed by atoms with van der Waals surface area (Å²) in [5.74, 6) is 2.12. The lowest BCUT2D eigenvalue weighted by atomic mass is 10.2. The first kappa shape index (κ1) is 36.0. The van der Waals surface area contributed by atoms with Gasteiger partial charge in [0, 0.05) is 13.2 Å². The molecule has 0 aromatic carbocycles. The van der Waals surface area contributed by atoms with Crippen LogP contribution in [0.25, 0.3) is 0 Å². The predicted molar refractivity (Wildman–Crippen MR) is 91.5 cm³/mol. The summed E-state index contributed by atoms with van der Waals surface area (Å²) >= 11 is 1.86. The van der Waals surface area contributed by atoms with Crippen LogP contribution in [0.5, 0.6) is 0 Å². The van der Waals surface area contributed by atoms with Crippen molar-refractivity contribution in [3.05, 3.63) is 0 Å². The van der Waals surface area contributed by atoms with Crippen LogP contribution in [0.3, 0.4) is 0 Å². The van der Waals surface area contributed by atoms with Gasteiger partial charge in [-0.1, -0.05) is 56.4 Å². The van der Waals surface area contributed by atoms with Gasteiger partial charge < -0.3 is 4.74 Å². The third-order valence-electron chi connectivity index (χ3n) is 1.51. The molecule has 0 heterocycles. The Labute approximate surface area is 118 Å². The summed E-state index contributed by atoms with van der Waals surface area (Å²) in [6, 6.07) is 0. The molecule has 0 aromatic rings. The average Bonchev–Trinajstić information content (AvgIpc) is 2.20. The van der Waals surface area contributed by atoms with Gasteiger partial charge in [0.25, 0.3) is 0 Å². The van der Waals surface area contributed by atoms with Crippen LogP contribution in [0.2, 0.25) is 0 Å². The van der Waals surface area contributed by atoms with Gasteiger partial charge in [0.15, 0.2) is 0 Å². The Morgan fingerprint density at radius 1 is 0.882 bits per heavy atom. The normalized spacial score (nSPS) is 7.06. The molecule has 0 rings (SSSR count). The van der Waals surface area contributed by atoms with Crippen molar-refractivity contribution in [3.8, 4) is 0 Å². The van der Waals surface area contributed by atoms with Crippen molar-refractivity contribution >= 4 is 11.8 Å². The van der Waals surface area contributed by atoms with Crippen LogP contribution < -0.4 is 0 Å². The lowest BCUT2D eigenvalue weighted by molar-refractivity contribution is 0.162. The zero-order chi connectivity index (χ0) is 11.8. The Hall–Kier alpha value is 0.310. The predicted octanol–water partition coefficient (Wildman–Crippen LogP) is 6.37. The van der Waals surface area contributed by atoms with Gasteiger partial charge in [-0.25, -0.2) is 0 Å². The minimum atomic E-state index is 0. The van der Waals surface area contributed by atoms with E-state index in [-0.39, 0.29) is 22.3 Å². The fourth-order valence-electron chi connectivity index (χ4n) is 0.204. The van der Waals surface area contributed by atoms with Gasteiger partial charge in [-0.3, -0.25) is 0 Å². The van der Waals surface area contributed by atoms with E-state index in [1.165, 1.54) is 12.2 Å². The average molecular weight is 271 g/mol. The third kappa shape index (κ3) is 118. The zero-order valence-electron chi connectivity index (χ0n) is 11.2. The summed E-state index contributed by atoms with van der Waals surface area (Å²) in [6.07, 6.45) is 3.40. The number of hydrogen-bond donors (Lipinski definition) is 0. The van der Waals surface area contributed by atoms with Crippen LogP contribution in [0, 0.1) is 5.92 Å². The molecule has 0 radical (unpaired) electrons. The summed E-state index contributed by atoms with van der Waals surface area (Å²) in [6.45, 7) is 14.5. The zero-order valence-corrected chi connectivity index (χ0v) is 12.0. The van der Waals surface area contributed by atoms with E-state index in [2.05, 4.69) is 34.0 Å². The molecule has 0 saturated heterocycles. The topological polar surface area (TPSA) is 9.23 Å². The van der Waals surface area contributed by atoms with Crippen LogP contribution in [-0.4, -0.2) is 25.2 Å². The SMILES string of the molecule is C.C.C.CCC(C)C.CCOCC.CCSC. The maximum Gasteiger partial charge on any atom is 0.0437 e. The number of ether oxygens (including phenoxy) is 1. The molecule has 0 aliphatic carbocycles. The Morgan fingerprint density at radius 3 is 1.12 bits per heavy atom. The molecule has 0 spiro atoms. The smallest absolute Gasteiger partial charge is 0.0437 e. The van der Waals surface area contributed by atoms with E-state index in [1.807, 2.05) is 25.6 Å². The highest BCUT2D eigenvalue weighted by Gasteiger charge is 1.80. The second kappa shape index (κ2) is 44.1. The van der Waals surface area contributed by atoms with Crippen molar-refractivity contribution in [1.29, 1.82) is 0 Å². The standard InChI is InChI=1S/C5H12.C4H10O.C3H8S.3CH4/c1-4-5(2)3;1-3-5-4-2;1-3-4-2;;;/h5H,4H2,1-3H3;3-4H2,1-2H3;3H2,1-2H3;3*1H4. The number of thioether (sulfide) groups is 1. The molecule has 0 aliphatic rings. The molecular weight excluding hydrogens is 228 g/mol. The van der Waals surface area contributed by atoms with Gasteiger partial charge in [-0.2, -0.15) is 11.8 Å². The Kier molecular flexibility index (Phi) is 93.4. The van der Waals surface area contributed by atoms with E-state index >= 15 is 0 Å². The summed E-state index contributed by atoms with van der Waals surface area (Å²) in [4.78, 5) is 0. The second-order valence-corrected chi connectivity index (χ2v) is 4.32. The molecule has 0 unspecified atom stereocenters. The lowest BCUT2D eigenvalue weighted by Crippen LogP contribution is -1.84. The van der Waals surface area contributed by atoms with Gasteiger partial charge in [0.05, 0.1) is 0 Å². The molecule has 0 fully saturated rings. The highest BCUT2D eigenvalue weighted by Crippen LogP contribution is 1.93. The fraction of sp³-hybridized carbons (Fsp3) is 1.00. The Morgan fingerprint density at radius 2 is 1.12 bits per heavy atom. The van der Waals surface area contributed by atoms with Crippen molar-refractivity contribution in [2.45, 2.75) is 70.2 Å². The van der Waals surface area contributed by atoms with Crippen LogP contribution in [0.15, 0.2) is 0 Å². The summed E-state index contributed by atoms with van der Waals surface area (Å²) in [5.41, 5.74) is 0. The highest BCUT2D eigenvalue weighted by molar-refractivity contribution is 7.98. The van der Waals surface area contributed by atoms with Gasteiger partial charge in [-0.05, 0) is 31.8 Å². The van der Waals surface area contributed by atoms with Crippen molar-refractivity contribution in [2.24, 2.45) is 5.92 Å². The van der Waals surface area contributed by atoms with E-state index in [0.29, 0.717) is 0 Å². The van der Waals surface area contributed by atoms with Crippen molar-refractivity contribution < 1.29 is 4.74 Å². The van der Waals surface area contributed by atoms with E-state index in [9.17, 15) is 0 Å². The van der Waals surface area contributed by atoms with Crippen molar-refractivity contribution in [2.75, 3.05) is 25.2 Å². The molecule has 0 aromatic heterocycles. The molecular formula is C15H42OS. The van der Waals surface area contributed by atoms with Crippen LogP contribution in [0.1, 0.15) is 70.2 Å². The van der Waals surface area contributed by atoms with Crippen LogP contribution >= 0.6 is 11.8 Å². The molecule has 17 heavy (non-hydrogen) atoms. The number of rotatable bonds is 4. The fourth-order valence-corrected chi connectivity index (χ4v) is 0.204. The van der Waals surface area contributed by atoms with Crippen LogP contribution in [0.4, 0.5) is 0 Å². The van der Waals surface area contributed by atoms with E-state index in [4.69, 9.17) is 4.74 Å². The first-order valence-electron chi connectivity index (χ1n) is 5.67. The molecule has 0 aliphatic heterocycles. The molecule has 0 atom stereocenters. The molecule has 0 saturated carbocycles. The maximum atomic E-state index is 4.83. The minimum absolute atomic E-state index is 0. The van der Waals surface area contributed by atoms with Crippen molar-refractivity contribution in [3.63, 3.8) is 0 Å². The first-order valence-corrected chi connectivity index (χ1v) is 7.06. The summed E-state index contributed by atoms with van der Waals surface area (Å²) in [5, 5.41) is 0. The lowest BCUT2D eigenvalue weighted by Gasteiger charge is -1.90. The molecule has 0 bridgehead atoms. The Balaban J connectivity index is -0.0000000247. The highest BCUT2D eigenvalue weighted by atomic mass is 32.2. The minimum Gasteiger partial charge on any atom is -0.382 e. The monoisotopic (exact) mass is 270 g/mol. The van der Waals surface area contributed by atoms with Gasteiger partial charge >= 0.3 is 0 Å². The summed E-state index contributed by atoms with van der Waals surface area (Å²) < 4.78 is 4.83. The van der Waals surface area contributed by atoms with Gasteiger partial charge in [-0.15, -0.1) is 0 Å². The Bertz CT molecular complexity index is 61.9. The molecule has 2 heteroatoms. The largest absolute Gasteiger partial charge is 0.382 e. The van der Waals surface area contributed by atoms with Crippen LogP contribution in [-0.2, 0) is 4.74 Å². The maximum absolute atomic E-state index is 4.83. The van der Waals surface area contributed by atoms with Gasteiger partial charge in [0.2, 0.25) is 0 Å². The molecule has 114 valence electrons. The van der Waals surface area contributed by atoms with E-state index < -0.39 is 0 Å². The van der Waals surface area contributed by atoms with E-state index in [0.717, 1.165) is 19.1 Å². The molecule has 1 nitrogen and oxygen atoms in total. The van der Waals surface area contributed by atoms with Gasteiger partial charge in [0.1, 0.15) is 0 Å². The second-order valence-electron chi connectivity index (χ2n) is 3.16. The third-order valence-corrected chi connectivity index (χ3v) is 2.09. The molecule has 0 amide bonds. The molecule has 0 N–H and O–H groups in total. The van der Waals surface area contributed by atoms with E-state index in [1.54, 1.807) is 0 Å². The number of hydrogen-bond acceptors (Lipinski definition) is 2. The first-order chi connectivity index (χ1) is 6.60. The van der Waals surface area contributed by atoms with Crippen molar-refractivity contribution in [1.82, 2.24) is 0 Å².